The molecule has 0 saturated heterocycles. The summed E-state index contributed by atoms with van der Waals surface area (Å²) >= 11 is 0. The smallest absolute Gasteiger partial charge is 0.0713 e. The molecule has 0 heterocycles. The van der Waals surface area contributed by atoms with Crippen LogP contribution in [0.5, 0.6) is 0 Å². The molecule has 12 rings (SSSR count). The van der Waals surface area contributed by atoms with Crippen molar-refractivity contribution in [3.05, 3.63) is 282 Å². The summed E-state index contributed by atoms with van der Waals surface area (Å²) in [4.78, 5) is 2.51. The van der Waals surface area contributed by atoms with E-state index in [0.29, 0.717) is 0 Å². The zero-order chi connectivity index (χ0) is 43.5. The summed E-state index contributed by atoms with van der Waals surface area (Å²) in [6, 6.07) is 92.1. The van der Waals surface area contributed by atoms with Gasteiger partial charge in [-0.2, -0.15) is 0 Å². The van der Waals surface area contributed by atoms with Crippen molar-refractivity contribution in [2.45, 2.75) is 24.7 Å². The molecule has 0 saturated carbocycles. The van der Waals surface area contributed by atoms with Crippen molar-refractivity contribution >= 4 is 17.1 Å². The molecule has 2 aliphatic carbocycles. The maximum atomic E-state index is 2.51. The van der Waals surface area contributed by atoms with Gasteiger partial charge < -0.3 is 4.90 Å². The van der Waals surface area contributed by atoms with E-state index in [2.05, 4.69) is 267 Å². The van der Waals surface area contributed by atoms with E-state index < -0.39 is 5.41 Å². The normalized spacial score (nSPS) is 13.6. The molecule has 0 bridgehead atoms. The maximum Gasteiger partial charge on any atom is 0.0713 e. The van der Waals surface area contributed by atoms with Gasteiger partial charge in [0, 0.05) is 22.4 Å². The Morgan fingerprint density at radius 2 is 0.723 bits per heavy atom. The largest absolute Gasteiger partial charge is 0.310 e. The fourth-order valence-corrected chi connectivity index (χ4v) is 11.3. The Bertz CT molecular complexity index is 3340. The topological polar surface area (TPSA) is 3.24 Å². The molecule has 0 radical (unpaired) electrons. The van der Waals surface area contributed by atoms with Gasteiger partial charge in [-0.05, 0) is 114 Å². The second-order valence-electron chi connectivity index (χ2n) is 18.0. The number of nitrogens with zero attached hydrogens (tertiary/aromatic N) is 1. The Hall–Kier alpha value is -8.00. The van der Waals surface area contributed by atoms with E-state index in [4.69, 9.17) is 0 Å². The Labute approximate surface area is 382 Å². The highest BCUT2D eigenvalue weighted by Crippen LogP contribution is 2.57. The van der Waals surface area contributed by atoms with Crippen LogP contribution in [0, 0.1) is 0 Å². The highest BCUT2D eigenvalue weighted by Gasteiger charge is 2.46. The Morgan fingerprint density at radius 3 is 1.34 bits per heavy atom. The van der Waals surface area contributed by atoms with Crippen molar-refractivity contribution in [3.8, 4) is 55.6 Å². The zero-order valence-corrected chi connectivity index (χ0v) is 36.6. The van der Waals surface area contributed by atoms with Gasteiger partial charge in [0.1, 0.15) is 0 Å². The lowest BCUT2D eigenvalue weighted by Crippen LogP contribution is -2.28. The number of fused-ring (bicyclic) bond motifs is 6. The third kappa shape index (κ3) is 6.00. The quantitative estimate of drug-likeness (QED) is 0.147. The molecule has 308 valence electrons. The van der Waals surface area contributed by atoms with Crippen LogP contribution in [0.1, 0.15) is 47.2 Å². The monoisotopic (exact) mass is 829 g/mol. The van der Waals surface area contributed by atoms with E-state index in [9.17, 15) is 0 Å². The zero-order valence-electron chi connectivity index (χ0n) is 36.6. The van der Waals surface area contributed by atoms with E-state index in [-0.39, 0.29) is 5.41 Å². The molecule has 0 N–H and O–H groups in total. The third-order valence-electron chi connectivity index (χ3n) is 14.2. The van der Waals surface area contributed by atoms with Crippen LogP contribution >= 0.6 is 0 Å². The summed E-state index contributed by atoms with van der Waals surface area (Å²) in [5.41, 5.74) is 22.8. The average molecular weight is 830 g/mol. The van der Waals surface area contributed by atoms with Crippen molar-refractivity contribution < 1.29 is 0 Å². The standard InChI is InChI=1S/C64H47N/c1-63(2)57-33-17-14-28-52(57)55-42-41-49(43-60(55)63)65(61-36-20-32-51(45-23-8-4-9-24-45)62(61)56-31-13-12-27-50(56)44-21-6-3-7-22-44)48-39-37-47(38-40-48)64(46-25-10-5-11-26-46)58-34-18-15-29-53(58)54-30-16-19-35-59(54)64/h3-43H,1-2H3. The van der Waals surface area contributed by atoms with Crippen LogP contribution in [0.25, 0.3) is 55.6 Å². The fraction of sp³-hybridized carbons (Fsp3) is 0.0625. The van der Waals surface area contributed by atoms with Gasteiger partial charge in [0.25, 0.3) is 0 Å². The van der Waals surface area contributed by atoms with Gasteiger partial charge in [-0.1, -0.05) is 232 Å². The van der Waals surface area contributed by atoms with Gasteiger partial charge in [-0.3, -0.25) is 0 Å². The van der Waals surface area contributed by atoms with Gasteiger partial charge >= 0.3 is 0 Å². The van der Waals surface area contributed by atoms with Crippen LogP contribution in [-0.2, 0) is 10.8 Å². The Morgan fingerprint density at radius 1 is 0.292 bits per heavy atom. The molecule has 0 spiro atoms. The number of anilines is 3. The van der Waals surface area contributed by atoms with Gasteiger partial charge in [-0.25, -0.2) is 0 Å². The van der Waals surface area contributed by atoms with E-state index in [1.54, 1.807) is 0 Å². The molecule has 10 aromatic rings. The van der Waals surface area contributed by atoms with Crippen molar-refractivity contribution in [1.82, 2.24) is 0 Å². The lowest BCUT2D eigenvalue weighted by atomic mass is 9.67. The van der Waals surface area contributed by atoms with Gasteiger partial charge in [0.2, 0.25) is 0 Å². The van der Waals surface area contributed by atoms with E-state index in [1.807, 2.05) is 0 Å². The molecule has 0 amide bonds. The first kappa shape index (κ1) is 38.7. The van der Waals surface area contributed by atoms with E-state index in [0.717, 1.165) is 17.1 Å². The summed E-state index contributed by atoms with van der Waals surface area (Å²) in [6.07, 6.45) is 0. The summed E-state index contributed by atoms with van der Waals surface area (Å²) in [5.74, 6) is 0. The Balaban J connectivity index is 1.13. The minimum Gasteiger partial charge on any atom is -0.310 e. The number of hydrogen-bond acceptors (Lipinski definition) is 1. The van der Waals surface area contributed by atoms with Crippen LogP contribution in [0.15, 0.2) is 249 Å². The lowest BCUT2D eigenvalue weighted by molar-refractivity contribution is 0.660. The number of benzene rings is 10. The van der Waals surface area contributed by atoms with Crippen LogP contribution in [0.3, 0.4) is 0 Å². The minimum atomic E-state index is -0.492. The third-order valence-corrected chi connectivity index (χ3v) is 14.2. The van der Waals surface area contributed by atoms with Crippen LogP contribution in [-0.4, -0.2) is 0 Å². The summed E-state index contributed by atoms with van der Waals surface area (Å²) < 4.78 is 0. The first-order chi connectivity index (χ1) is 32.0. The van der Waals surface area contributed by atoms with Gasteiger partial charge in [0.05, 0.1) is 11.1 Å². The molecule has 65 heavy (non-hydrogen) atoms. The predicted octanol–water partition coefficient (Wildman–Crippen LogP) is 16.8. The molecule has 0 aromatic heterocycles. The molecular formula is C64H47N. The lowest BCUT2D eigenvalue weighted by Gasteiger charge is -2.35. The summed E-state index contributed by atoms with van der Waals surface area (Å²) in [7, 11) is 0. The number of hydrogen-bond donors (Lipinski definition) is 0. The van der Waals surface area contributed by atoms with Crippen molar-refractivity contribution in [2.24, 2.45) is 0 Å². The second kappa shape index (κ2) is 15.4. The molecule has 0 aliphatic heterocycles. The van der Waals surface area contributed by atoms with Crippen LogP contribution in [0.4, 0.5) is 17.1 Å². The first-order valence-corrected chi connectivity index (χ1v) is 22.8. The number of rotatable bonds is 8. The highest BCUT2D eigenvalue weighted by molar-refractivity contribution is 6.01. The Kier molecular flexibility index (Phi) is 9.14. The van der Waals surface area contributed by atoms with E-state index >= 15 is 0 Å². The summed E-state index contributed by atoms with van der Waals surface area (Å²) in [6.45, 7) is 4.75. The molecule has 1 nitrogen and oxygen atoms in total. The SMILES string of the molecule is CC1(C)c2ccccc2-c2ccc(N(c3ccc(C4(c5ccccc5)c5ccccc5-c5ccccc54)cc3)c3cccc(-c4ccccc4)c3-c3ccccc3-c3ccccc3)cc21. The van der Waals surface area contributed by atoms with Gasteiger partial charge in [-0.15, -0.1) is 0 Å². The minimum absolute atomic E-state index is 0.169. The molecule has 0 unspecified atom stereocenters. The molecular weight excluding hydrogens is 783 g/mol. The summed E-state index contributed by atoms with van der Waals surface area (Å²) in [5, 5.41) is 0. The van der Waals surface area contributed by atoms with Gasteiger partial charge in [0.15, 0.2) is 0 Å². The average Bonchev–Trinajstić information content (AvgIpc) is 3.80. The maximum absolute atomic E-state index is 2.51. The molecule has 0 atom stereocenters. The molecule has 10 aromatic carbocycles. The van der Waals surface area contributed by atoms with Crippen molar-refractivity contribution in [1.29, 1.82) is 0 Å². The fourth-order valence-electron chi connectivity index (χ4n) is 11.3. The van der Waals surface area contributed by atoms with Crippen LogP contribution < -0.4 is 4.90 Å². The molecule has 0 fully saturated rings. The second-order valence-corrected chi connectivity index (χ2v) is 18.0. The predicted molar refractivity (Wildman–Crippen MR) is 272 cm³/mol. The highest BCUT2D eigenvalue weighted by atomic mass is 15.1. The van der Waals surface area contributed by atoms with Crippen molar-refractivity contribution in [2.75, 3.05) is 4.90 Å². The molecule has 2 aliphatic rings. The van der Waals surface area contributed by atoms with Crippen LogP contribution in [0.2, 0.25) is 0 Å². The van der Waals surface area contributed by atoms with E-state index in [1.165, 1.54) is 89.0 Å². The molecule has 1 heteroatoms. The van der Waals surface area contributed by atoms with Crippen molar-refractivity contribution in [3.63, 3.8) is 0 Å². The first-order valence-electron chi connectivity index (χ1n) is 22.8.